The first-order chi connectivity index (χ1) is 16.0. The van der Waals surface area contributed by atoms with Crippen LogP contribution in [0.2, 0.25) is 0 Å². The summed E-state index contributed by atoms with van der Waals surface area (Å²) in [6.45, 7) is 3.05. The van der Waals surface area contributed by atoms with E-state index in [9.17, 15) is 13.9 Å². The zero-order valence-corrected chi connectivity index (χ0v) is 18.5. The molecule has 6 nitrogen and oxygen atoms in total. The van der Waals surface area contributed by atoms with Gasteiger partial charge in [-0.1, -0.05) is 24.0 Å². The average Bonchev–Trinajstić information content (AvgIpc) is 3.50. The minimum atomic E-state index is -0.742. The summed E-state index contributed by atoms with van der Waals surface area (Å²) < 4.78 is 42.0. The second kappa shape index (κ2) is 11.6. The van der Waals surface area contributed by atoms with Gasteiger partial charge in [0, 0.05) is 31.5 Å². The van der Waals surface area contributed by atoms with Crippen LogP contribution in [0.1, 0.15) is 30.8 Å². The second-order valence-corrected chi connectivity index (χ2v) is 7.33. The molecule has 8 heteroatoms. The Morgan fingerprint density at radius 2 is 1.97 bits per heavy atom. The van der Waals surface area contributed by atoms with Crippen LogP contribution in [-0.4, -0.2) is 46.2 Å². The third-order valence-electron chi connectivity index (χ3n) is 5.01. The monoisotopic (exact) mass is 456 g/mol. The first-order valence-corrected chi connectivity index (χ1v) is 10.5. The van der Waals surface area contributed by atoms with Crippen molar-refractivity contribution in [2.75, 3.05) is 20.3 Å². The standard InChI is InChI=1S/C24H22F2N2O3.CH4O/c1-16(29)24-27-9-11-28(24)10-2-3-18-13-23(26)21(14-22(18)25)17-4-6-19(7-5-17)31-20-8-12-30-15-20;1-2/h4-7,9,11,13-14,16,20,29H,8,10,12,15H2,1H3;2H,1H3/t16?,20-;/m0./s1. The fraction of sp³-hybridized carbons (Fsp3) is 0.320. The van der Waals surface area contributed by atoms with Crippen molar-refractivity contribution in [2.24, 2.45) is 0 Å². The molecule has 1 saturated heterocycles. The Labute approximate surface area is 191 Å². The van der Waals surface area contributed by atoms with E-state index in [0.717, 1.165) is 25.7 Å². The minimum Gasteiger partial charge on any atom is -0.488 e. The summed E-state index contributed by atoms with van der Waals surface area (Å²) in [6.07, 6.45) is 3.34. The molecule has 174 valence electrons. The van der Waals surface area contributed by atoms with Crippen LogP contribution in [-0.2, 0) is 11.3 Å². The highest BCUT2D eigenvalue weighted by molar-refractivity contribution is 5.66. The number of hydrogen-bond acceptors (Lipinski definition) is 5. The lowest BCUT2D eigenvalue weighted by atomic mass is 10.0. The van der Waals surface area contributed by atoms with E-state index >= 15 is 0 Å². The van der Waals surface area contributed by atoms with Crippen molar-refractivity contribution < 1.29 is 28.5 Å². The quantitative estimate of drug-likeness (QED) is 0.573. The van der Waals surface area contributed by atoms with Crippen LogP contribution in [0.25, 0.3) is 11.1 Å². The third-order valence-corrected chi connectivity index (χ3v) is 5.01. The molecule has 4 rings (SSSR count). The number of ether oxygens (including phenoxy) is 2. The SMILES string of the molecule is CC(O)c1nccn1CC#Cc1cc(F)c(-c2ccc(O[C@H]3CCOC3)cc2)cc1F.CO. The number of aliphatic hydroxyl groups is 2. The van der Waals surface area contributed by atoms with Gasteiger partial charge in [-0.2, -0.15) is 0 Å². The fourth-order valence-corrected chi connectivity index (χ4v) is 3.42. The summed E-state index contributed by atoms with van der Waals surface area (Å²) in [6, 6.07) is 9.13. The van der Waals surface area contributed by atoms with Crippen LogP contribution in [0.15, 0.2) is 48.8 Å². The van der Waals surface area contributed by atoms with Gasteiger partial charge in [-0.05, 0) is 36.8 Å². The number of benzene rings is 2. The molecule has 3 aromatic rings. The summed E-state index contributed by atoms with van der Waals surface area (Å²) in [5.41, 5.74) is 0.678. The molecule has 33 heavy (non-hydrogen) atoms. The van der Waals surface area contributed by atoms with Gasteiger partial charge in [0.25, 0.3) is 0 Å². The second-order valence-electron chi connectivity index (χ2n) is 7.33. The summed E-state index contributed by atoms with van der Waals surface area (Å²) in [5.74, 6) is 5.42. The first kappa shape index (κ1) is 24.4. The molecule has 0 spiro atoms. The van der Waals surface area contributed by atoms with Gasteiger partial charge in [0.15, 0.2) is 0 Å². The number of aromatic nitrogens is 2. The lowest BCUT2D eigenvalue weighted by Gasteiger charge is -2.12. The number of halogens is 2. The first-order valence-electron chi connectivity index (χ1n) is 10.5. The largest absolute Gasteiger partial charge is 0.488 e. The molecular formula is C25H26F2N2O4. The Morgan fingerprint density at radius 3 is 2.64 bits per heavy atom. The molecule has 0 aliphatic carbocycles. The zero-order chi connectivity index (χ0) is 23.8. The Morgan fingerprint density at radius 1 is 1.21 bits per heavy atom. The van der Waals surface area contributed by atoms with E-state index in [1.54, 1.807) is 48.1 Å². The van der Waals surface area contributed by atoms with Gasteiger partial charge in [-0.15, -0.1) is 0 Å². The zero-order valence-electron chi connectivity index (χ0n) is 18.5. The van der Waals surface area contributed by atoms with E-state index in [1.807, 2.05) is 0 Å². The maximum Gasteiger partial charge on any atom is 0.139 e. The van der Waals surface area contributed by atoms with E-state index in [1.165, 1.54) is 0 Å². The van der Waals surface area contributed by atoms with Crippen LogP contribution < -0.4 is 4.74 Å². The third kappa shape index (κ3) is 6.17. The van der Waals surface area contributed by atoms with Gasteiger partial charge in [0.1, 0.15) is 35.4 Å². The minimum absolute atomic E-state index is 0.0249. The van der Waals surface area contributed by atoms with Crippen molar-refractivity contribution in [3.05, 3.63) is 71.8 Å². The van der Waals surface area contributed by atoms with E-state index < -0.39 is 17.7 Å². The molecule has 2 atom stereocenters. The number of aliphatic hydroxyl groups excluding tert-OH is 2. The van der Waals surface area contributed by atoms with Crippen molar-refractivity contribution in [2.45, 2.75) is 32.1 Å². The van der Waals surface area contributed by atoms with E-state index in [4.69, 9.17) is 14.6 Å². The smallest absolute Gasteiger partial charge is 0.139 e. The highest BCUT2D eigenvalue weighted by Crippen LogP contribution is 2.28. The van der Waals surface area contributed by atoms with Crippen molar-refractivity contribution in [1.29, 1.82) is 0 Å². The average molecular weight is 456 g/mol. The van der Waals surface area contributed by atoms with Crippen LogP contribution in [0.4, 0.5) is 8.78 Å². The van der Waals surface area contributed by atoms with Crippen LogP contribution in [0.3, 0.4) is 0 Å². The molecule has 2 aromatic carbocycles. The van der Waals surface area contributed by atoms with Gasteiger partial charge in [-0.3, -0.25) is 0 Å². The van der Waals surface area contributed by atoms with E-state index in [2.05, 4.69) is 16.8 Å². The molecule has 1 aliphatic rings. The van der Waals surface area contributed by atoms with Crippen LogP contribution >= 0.6 is 0 Å². The molecule has 0 saturated carbocycles. The Hall–Kier alpha value is -3.25. The van der Waals surface area contributed by atoms with Gasteiger partial charge >= 0.3 is 0 Å². The van der Waals surface area contributed by atoms with Gasteiger partial charge in [0.05, 0.1) is 25.3 Å². The van der Waals surface area contributed by atoms with Gasteiger partial charge in [0.2, 0.25) is 0 Å². The molecule has 1 unspecified atom stereocenters. The Bertz CT molecular complexity index is 1110. The predicted octanol–water partition coefficient (Wildman–Crippen LogP) is 3.71. The van der Waals surface area contributed by atoms with E-state index in [-0.39, 0.29) is 23.8 Å². The molecule has 1 fully saturated rings. The van der Waals surface area contributed by atoms with Crippen LogP contribution in [0.5, 0.6) is 5.75 Å². The van der Waals surface area contributed by atoms with E-state index in [0.29, 0.717) is 30.4 Å². The molecule has 2 N–H and O–H groups in total. The summed E-state index contributed by atoms with van der Waals surface area (Å²) in [4.78, 5) is 4.05. The molecule has 0 bridgehead atoms. The van der Waals surface area contributed by atoms with Crippen LogP contribution in [0, 0.1) is 23.5 Å². The number of hydrogen-bond donors (Lipinski definition) is 2. The molecule has 1 aromatic heterocycles. The van der Waals surface area contributed by atoms with Gasteiger partial charge < -0.3 is 24.3 Å². The molecular weight excluding hydrogens is 430 g/mol. The lowest BCUT2D eigenvalue weighted by molar-refractivity contribution is 0.141. The van der Waals surface area contributed by atoms with Gasteiger partial charge in [-0.25, -0.2) is 13.8 Å². The number of imidazole rings is 1. The predicted molar refractivity (Wildman–Crippen MR) is 120 cm³/mol. The Kier molecular flexibility index (Phi) is 8.55. The van der Waals surface area contributed by atoms with Crippen molar-refractivity contribution in [1.82, 2.24) is 9.55 Å². The highest BCUT2D eigenvalue weighted by atomic mass is 19.1. The van der Waals surface area contributed by atoms with Crippen molar-refractivity contribution in [3.8, 4) is 28.7 Å². The molecule has 0 amide bonds. The van der Waals surface area contributed by atoms with Crippen molar-refractivity contribution >= 4 is 0 Å². The topological polar surface area (TPSA) is 76.7 Å². The summed E-state index contributed by atoms with van der Waals surface area (Å²) >= 11 is 0. The lowest BCUT2D eigenvalue weighted by Crippen LogP contribution is -2.15. The fourth-order valence-electron chi connectivity index (χ4n) is 3.42. The summed E-state index contributed by atoms with van der Waals surface area (Å²) in [5, 5.41) is 16.7. The maximum absolute atomic E-state index is 14.7. The number of rotatable bonds is 5. The maximum atomic E-state index is 14.7. The number of nitrogens with zero attached hydrogens (tertiary/aromatic N) is 2. The molecule has 1 aliphatic heterocycles. The normalized spacial score (nSPS) is 15.8. The molecule has 2 heterocycles. The summed E-state index contributed by atoms with van der Waals surface area (Å²) in [7, 11) is 1.00. The van der Waals surface area contributed by atoms with Crippen molar-refractivity contribution in [3.63, 3.8) is 0 Å². The Balaban J connectivity index is 0.00000149. The molecule has 0 radical (unpaired) electrons. The highest BCUT2D eigenvalue weighted by Gasteiger charge is 2.17.